The third kappa shape index (κ3) is 3.81. The first-order chi connectivity index (χ1) is 17.3. The van der Waals surface area contributed by atoms with Gasteiger partial charge in [0.25, 0.3) is 0 Å². The van der Waals surface area contributed by atoms with E-state index in [9.17, 15) is 19.5 Å². The van der Waals surface area contributed by atoms with E-state index < -0.39 is 11.0 Å². The van der Waals surface area contributed by atoms with Crippen LogP contribution in [0.25, 0.3) is 0 Å². The molecule has 2 saturated heterocycles. The highest BCUT2D eigenvalue weighted by molar-refractivity contribution is 6.10. The van der Waals surface area contributed by atoms with Crippen molar-refractivity contribution < 1.29 is 24.2 Å². The predicted molar refractivity (Wildman–Crippen MR) is 134 cm³/mol. The minimum atomic E-state index is -1.30. The van der Waals surface area contributed by atoms with Gasteiger partial charge in [0, 0.05) is 44.0 Å². The molecule has 5 rings (SSSR count). The van der Waals surface area contributed by atoms with Crippen molar-refractivity contribution in [3.8, 4) is 5.75 Å². The van der Waals surface area contributed by atoms with Crippen LogP contribution in [0.2, 0.25) is 0 Å². The van der Waals surface area contributed by atoms with E-state index in [2.05, 4.69) is 0 Å². The molecule has 7 heteroatoms. The molecule has 1 saturated carbocycles. The molecule has 3 amide bonds. The highest BCUT2D eigenvalue weighted by Gasteiger charge is 2.56. The van der Waals surface area contributed by atoms with Gasteiger partial charge in [-0.1, -0.05) is 61.4 Å². The van der Waals surface area contributed by atoms with Gasteiger partial charge in [-0.25, -0.2) is 0 Å². The maximum Gasteiger partial charge on any atom is 0.240 e. The highest BCUT2D eigenvalue weighted by atomic mass is 16.5. The quantitative estimate of drug-likeness (QED) is 0.650. The van der Waals surface area contributed by atoms with Crippen LogP contribution in [0.1, 0.15) is 56.1 Å². The Morgan fingerprint density at radius 1 is 1.06 bits per heavy atom. The SMILES string of the molecule is COc1ccccc1C1(CC(=O)N2CC[C@@](O)(c3ccccc3)[C@H]3CCCC[C@@H]32)CC(=O)N(C)C1=O. The van der Waals surface area contributed by atoms with Crippen molar-refractivity contribution >= 4 is 17.7 Å². The summed E-state index contributed by atoms with van der Waals surface area (Å²) in [7, 11) is 3.01. The van der Waals surface area contributed by atoms with Crippen molar-refractivity contribution in [1.29, 1.82) is 0 Å². The topological polar surface area (TPSA) is 87.2 Å². The first kappa shape index (κ1) is 24.5. The van der Waals surface area contributed by atoms with Crippen LogP contribution in [-0.4, -0.2) is 59.4 Å². The number of likely N-dealkylation sites (tertiary alicyclic amines) is 2. The number of para-hydroxylation sites is 1. The number of aliphatic hydroxyl groups is 1. The molecule has 0 aromatic heterocycles. The van der Waals surface area contributed by atoms with E-state index in [1.807, 2.05) is 41.3 Å². The van der Waals surface area contributed by atoms with Gasteiger partial charge in [-0.3, -0.25) is 19.3 Å². The summed E-state index contributed by atoms with van der Waals surface area (Å²) in [5.41, 5.74) is -0.811. The van der Waals surface area contributed by atoms with E-state index >= 15 is 0 Å². The summed E-state index contributed by atoms with van der Waals surface area (Å²) >= 11 is 0. The Morgan fingerprint density at radius 3 is 2.44 bits per heavy atom. The first-order valence-electron chi connectivity index (χ1n) is 12.8. The molecule has 0 radical (unpaired) electrons. The molecule has 2 heterocycles. The third-order valence-corrected chi connectivity index (χ3v) is 8.69. The Bertz CT molecular complexity index is 1170. The van der Waals surface area contributed by atoms with Crippen molar-refractivity contribution in [2.75, 3.05) is 20.7 Å². The van der Waals surface area contributed by atoms with Gasteiger partial charge in [0.05, 0.1) is 18.1 Å². The second-order valence-corrected chi connectivity index (χ2v) is 10.5. The summed E-state index contributed by atoms with van der Waals surface area (Å²) in [6.45, 7) is 0.408. The molecule has 36 heavy (non-hydrogen) atoms. The molecular weight excluding hydrogens is 456 g/mol. The van der Waals surface area contributed by atoms with E-state index in [0.717, 1.165) is 36.1 Å². The molecule has 4 atom stereocenters. The molecule has 0 spiro atoms. The third-order valence-electron chi connectivity index (χ3n) is 8.69. The maximum atomic E-state index is 14.0. The Morgan fingerprint density at radius 2 is 1.75 bits per heavy atom. The first-order valence-corrected chi connectivity index (χ1v) is 12.8. The van der Waals surface area contributed by atoms with Crippen molar-refractivity contribution in [3.63, 3.8) is 0 Å². The van der Waals surface area contributed by atoms with Crippen LogP contribution in [0.3, 0.4) is 0 Å². The Hall–Kier alpha value is -3.19. The molecule has 190 valence electrons. The summed E-state index contributed by atoms with van der Waals surface area (Å²) in [5, 5.41) is 11.9. The van der Waals surface area contributed by atoms with Crippen molar-refractivity contribution in [2.45, 2.75) is 62.0 Å². The zero-order valence-corrected chi connectivity index (χ0v) is 21.0. The Labute approximate surface area is 212 Å². The number of piperidine rings is 1. The Kier molecular flexibility index (Phi) is 6.37. The molecule has 1 N–H and O–H groups in total. The van der Waals surface area contributed by atoms with E-state index in [4.69, 9.17) is 4.74 Å². The van der Waals surface area contributed by atoms with Gasteiger partial charge in [0.15, 0.2) is 0 Å². The number of ether oxygens (including phenoxy) is 1. The molecule has 2 aliphatic heterocycles. The number of carbonyl (C=O) groups excluding carboxylic acids is 3. The molecule has 1 aliphatic carbocycles. The molecule has 0 bridgehead atoms. The largest absolute Gasteiger partial charge is 0.496 e. The number of carbonyl (C=O) groups is 3. The number of methoxy groups -OCH3 is 1. The maximum absolute atomic E-state index is 14.0. The molecule has 1 unspecified atom stereocenters. The number of benzene rings is 2. The van der Waals surface area contributed by atoms with Crippen LogP contribution in [-0.2, 0) is 25.4 Å². The predicted octanol–water partition coefficient (Wildman–Crippen LogP) is 3.39. The summed E-state index contributed by atoms with van der Waals surface area (Å²) in [6, 6.07) is 16.8. The minimum absolute atomic E-state index is 0.0651. The van der Waals surface area contributed by atoms with Crippen LogP contribution in [0, 0.1) is 5.92 Å². The second kappa shape index (κ2) is 9.36. The van der Waals surface area contributed by atoms with Crippen LogP contribution in [0.5, 0.6) is 5.75 Å². The number of hydrogen-bond donors (Lipinski definition) is 1. The lowest BCUT2D eigenvalue weighted by molar-refractivity contribution is -0.157. The van der Waals surface area contributed by atoms with Gasteiger partial charge in [0.1, 0.15) is 5.75 Å². The number of imide groups is 1. The summed E-state index contributed by atoms with van der Waals surface area (Å²) in [6.07, 6.45) is 3.95. The fourth-order valence-electron chi connectivity index (χ4n) is 6.81. The minimum Gasteiger partial charge on any atom is -0.496 e. The number of fused-ring (bicyclic) bond motifs is 1. The Balaban J connectivity index is 1.48. The van der Waals surface area contributed by atoms with Gasteiger partial charge in [0.2, 0.25) is 17.7 Å². The van der Waals surface area contributed by atoms with Crippen molar-refractivity contribution in [2.24, 2.45) is 5.92 Å². The molecule has 2 aromatic rings. The average Bonchev–Trinajstić information content (AvgIpc) is 3.13. The van der Waals surface area contributed by atoms with E-state index in [0.29, 0.717) is 24.3 Å². The van der Waals surface area contributed by atoms with E-state index in [-0.39, 0.29) is 42.5 Å². The van der Waals surface area contributed by atoms with Gasteiger partial charge in [-0.05, 0) is 30.9 Å². The van der Waals surface area contributed by atoms with Crippen LogP contribution < -0.4 is 4.74 Å². The zero-order chi connectivity index (χ0) is 25.5. The van der Waals surface area contributed by atoms with E-state index in [1.165, 1.54) is 14.2 Å². The van der Waals surface area contributed by atoms with Crippen molar-refractivity contribution in [1.82, 2.24) is 9.80 Å². The fraction of sp³-hybridized carbons (Fsp3) is 0.483. The lowest BCUT2D eigenvalue weighted by Crippen LogP contribution is -2.59. The monoisotopic (exact) mass is 490 g/mol. The number of rotatable bonds is 5. The van der Waals surface area contributed by atoms with Gasteiger partial charge < -0.3 is 14.7 Å². The number of hydrogen-bond acceptors (Lipinski definition) is 5. The smallest absolute Gasteiger partial charge is 0.240 e. The highest BCUT2D eigenvalue weighted by Crippen LogP contribution is 2.49. The van der Waals surface area contributed by atoms with Crippen LogP contribution >= 0.6 is 0 Å². The fourth-order valence-corrected chi connectivity index (χ4v) is 6.81. The van der Waals surface area contributed by atoms with Gasteiger partial charge in [-0.2, -0.15) is 0 Å². The normalized spacial score (nSPS) is 30.3. The summed E-state index contributed by atoms with van der Waals surface area (Å²) in [4.78, 5) is 43.3. The van der Waals surface area contributed by atoms with E-state index in [1.54, 1.807) is 18.2 Å². The van der Waals surface area contributed by atoms with Gasteiger partial charge >= 0.3 is 0 Å². The molecule has 7 nitrogen and oxygen atoms in total. The number of amides is 3. The van der Waals surface area contributed by atoms with Crippen LogP contribution in [0.4, 0.5) is 0 Å². The van der Waals surface area contributed by atoms with Crippen LogP contribution in [0.15, 0.2) is 54.6 Å². The molecule has 2 aromatic carbocycles. The molecule has 3 fully saturated rings. The number of likely N-dealkylation sites (N-methyl/N-ethyl adjacent to an activating group) is 1. The lowest BCUT2D eigenvalue weighted by Gasteiger charge is -2.53. The molecule has 3 aliphatic rings. The van der Waals surface area contributed by atoms with Crippen molar-refractivity contribution in [3.05, 3.63) is 65.7 Å². The zero-order valence-electron chi connectivity index (χ0n) is 21.0. The average molecular weight is 491 g/mol. The number of nitrogens with zero attached hydrogens (tertiary/aromatic N) is 2. The molecular formula is C29H34N2O5. The summed E-state index contributed by atoms with van der Waals surface area (Å²) < 4.78 is 5.55. The van der Waals surface area contributed by atoms with Gasteiger partial charge in [-0.15, -0.1) is 0 Å². The second-order valence-electron chi connectivity index (χ2n) is 10.5. The summed E-state index contributed by atoms with van der Waals surface area (Å²) in [5.74, 6) is -0.398. The lowest BCUT2D eigenvalue weighted by atomic mass is 9.66. The standard InChI is InChI=1S/C29H34N2O5/c1-30-25(32)18-28(27(30)34,22-13-7-9-15-24(22)36-2)19-26(33)31-17-16-29(35,20-10-4-3-5-11-20)21-12-6-8-14-23(21)31/h3-5,7,9-11,13,15,21,23,35H,6,8,12,14,16-19H2,1-2H3/t21-,23-,28?,29+/m0/s1.